The lowest BCUT2D eigenvalue weighted by Gasteiger charge is -2.30. The Morgan fingerprint density at radius 3 is 2.37 bits per heavy atom. The fourth-order valence-electron chi connectivity index (χ4n) is 2.37. The third-order valence-corrected chi connectivity index (χ3v) is 2.97. The largest absolute Gasteiger partial charge is 0.368 e. The fourth-order valence-corrected chi connectivity index (χ4v) is 2.37. The standard InChI is InChI=1S/C14H27N3O2/c1-10(2)7-14(4,8-11(3)5-6-15)13(19)17-9-12(16)18/h10H,3,5-9,15H2,1-2,4H3,(H2,16,18)(H,17,19)/t14-/m1/s1. The molecule has 5 N–H and O–H groups in total. The summed E-state index contributed by atoms with van der Waals surface area (Å²) in [4.78, 5) is 23.0. The zero-order valence-electron chi connectivity index (χ0n) is 12.3. The summed E-state index contributed by atoms with van der Waals surface area (Å²) in [6, 6.07) is 0. The highest BCUT2D eigenvalue weighted by atomic mass is 16.2. The number of primary amides is 1. The van der Waals surface area contributed by atoms with E-state index in [1.165, 1.54) is 0 Å². The van der Waals surface area contributed by atoms with Crippen LogP contribution >= 0.6 is 0 Å². The summed E-state index contributed by atoms with van der Waals surface area (Å²) < 4.78 is 0. The Hall–Kier alpha value is -1.36. The molecule has 0 saturated carbocycles. The molecule has 0 bridgehead atoms. The Labute approximate surface area is 115 Å². The van der Waals surface area contributed by atoms with E-state index in [1.807, 2.05) is 6.92 Å². The minimum atomic E-state index is -0.574. The maximum atomic E-state index is 12.3. The van der Waals surface area contributed by atoms with Crippen LogP contribution < -0.4 is 16.8 Å². The predicted octanol–water partition coefficient (Wildman–Crippen LogP) is 0.935. The van der Waals surface area contributed by atoms with Gasteiger partial charge in [-0.2, -0.15) is 0 Å². The highest BCUT2D eigenvalue weighted by molar-refractivity contribution is 5.87. The van der Waals surface area contributed by atoms with Gasteiger partial charge >= 0.3 is 0 Å². The third-order valence-electron chi connectivity index (χ3n) is 2.97. The number of hydrogen-bond acceptors (Lipinski definition) is 3. The third kappa shape index (κ3) is 6.96. The van der Waals surface area contributed by atoms with Crippen LogP contribution in [0.1, 0.15) is 40.0 Å². The Morgan fingerprint density at radius 1 is 1.37 bits per heavy atom. The van der Waals surface area contributed by atoms with E-state index in [0.717, 1.165) is 12.0 Å². The first kappa shape index (κ1) is 17.6. The molecule has 0 rings (SSSR count). The van der Waals surface area contributed by atoms with Crippen LogP contribution in [-0.2, 0) is 9.59 Å². The topological polar surface area (TPSA) is 98.2 Å². The van der Waals surface area contributed by atoms with Crippen molar-refractivity contribution < 1.29 is 9.59 Å². The molecule has 5 heteroatoms. The van der Waals surface area contributed by atoms with Crippen molar-refractivity contribution in [1.82, 2.24) is 5.32 Å². The molecule has 0 unspecified atom stereocenters. The van der Waals surface area contributed by atoms with Gasteiger partial charge in [-0.15, -0.1) is 0 Å². The molecule has 0 aromatic carbocycles. The van der Waals surface area contributed by atoms with E-state index < -0.39 is 11.3 Å². The number of nitrogens with one attached hydrogen (secondary N) is 1. The Morgan fingerprint density at radius 2 is 1.95 bits per heavy atom. The van der Waals surface area contributed by atoms with Gasteiger partial charge in [0.1, 0.15) is 0 Å². The lowest BCUT2D eigenvalue weighted by Crippen LogP contribution is -2.43. The highest BCUT2D eigenvalue weighted by Gasteiger charge is 2.34. The predicted molar refractivity (Wildman–Crippen MR) is 77.2 cm³/mol. The molecule has 19 heavy (non-hydrogen) atoms. The van der Waals surface area contributed by atoms with Crippen molar-refractivity contribution in [3.05, 3.63) is 12.2 Å². The number of amides is 2. The maximum absolute atomic E-state index is 12.3. The van der Waals surface area contributed by atoms with Gasteiger partial charge in [-0.05, 0) is 31.7 Å². The van der Waals surface area contributed by atoms with Gasteiger partial charge in [-0.25, -0.2) is 0 Å². The molecule has 0 fully saturated rings. The molecule has 2 amide bonds. The first-order chi connectivity index (χ1) is 8.71. The zero-order chi connectivity index (χ0) is 15.1. The molecule has 0 heterocycles. The van der Waals surface area contributed by atoms with Gasteiger partial charge in [0, 0.05) is 0 Å². The molecule has 110 valence electrons. The lowest BCUT2D eigenvalue weighted by atomic mass is 9.76. The number of nitrogens with two attached hydrogens (primary N) is 2. The number of rotatable bonds is 9. The van der Waals surface area contributed by atoms with Crippen LogP contribution in [0.5, 0.6) is 0 Å². The van der Waals surface area contributed by atoms with Crippen LogP contribution in [0.2, 0.25) is 0 Å². The van der Waals surface area contributed by atoms with Crippen LogP contribution in [0, 0.1) is 11.3 Å². The van der Waals surface area contributed by atoms with Gasteiger partial charge in [0.05, 0.1) is 12.0 Å². The van der Waals surface area contributed by atoms with Gasteiger partial charge in [0.25, 0.3) is 0 Å². The van der Waals surface area contributed by atoms with Crippen molar-refractivity contribution in [3.8, 4) is 0 Å². The molecular formula is C14H27N3O2. The minimum absolute atomic E-state index is 0.129. The summed E-state index contributed by atoms with van der Waals surface area (Å²) in [5.74, 6) is -0.325. The lowest BCUT2D eigenvalue weighted by molar-refractivity contribution is -0.132. The van der Waals surface area contributed by atoms with Crippen molar-refractivity contribution in [1.29, 1.82) is 0 Å². The summed E-state index contributed by atoms with van der Waals surface area (Å²) in [6.45, 7) is 10.4. The van der Waals surface area contributed by atoms with E-state index in [-0.39, 0.29) is 12.5 Å². The Bertz CT molecular complexity index is 340. The molecule has 0 saturated heterocycles. The van der Waals surface area contributed by atoms with E-state index in [9.17, 15) is 9.59 Å². The zero-order valence-corrected chi connectivity index (χ0v) is 12.3. The summed E-state index contributed by atoms with van der Waals surface area (Å²) in [6.07, 6.45) is 2.00. The quantitative estimate of drug-likeness (QED) is 0.543. The van der Waals surface area contributed by atoms with E-state index in [4.69, 9.17) is 11.5 Å². The molecule has 5 nitrogen and oxygen atoms in total. The summed E-state index contributed by atoms with van der Waals surface area (Å²) in [7, 11) is 0. The second-order valence-electron chi connectivity index (χ2n) is 5.77. The van der Waals surface area contributed by atoms with Crippen molar-refractivity contribution in [3.63, 3.8) is 0 Å². The van der Waals surface area contributed by atoms with E-state index >= 15 is 0 Å². The number of carbonyl (C=O) groups is 2. The number of carbonyl (C=O) groups excluding carboxylic acids is 2. The molecule has 0 aromatic rings. The number of hydrogen-bond donors (Lipinski definition) is 3. The Kier molecular flexibility index (Phi) is 7.37. The van der Waals surface area contributed by atoms with Gasteiger partial charge in [-0.1, -0.05) is 32.9 Å². The smallest absolute Gasteiger partial charge is 0.236 e. The summed E-state index contributed by atoms with van der Waals surface area (Å²) >= 11 is 0. The van der Waals surface area contributed by atoms with Crippen molar-refractivity contribution in [2.45, 2.75) is 40.0 Å². The van der Waals surface area contributed by atoms with Gasteiger partial charge in [0.2, 0.25) is 11.8 Å². The van der Waals surface area contributed by atoms with E-state index in [1.54, 1.807) is 0 Å². The molecular weight excluding hydrogens is 242 g/mol. The molecule has 0 radical (unpaired) electrons. The Balaban J connectivity index is 4.79. The fraction of sp³-hybridized carbons (Fsp3) is 0.714. The summed E-state index contributed by atoms with van der Waals surface area (Å²) in [5, 5.41) is 2.59. The van der Waals surface area contributed by atoms with Crippen molar-refractivity contribution >= 4 is 11.8 Å². The second kappa shape index (κ2) is 7.94. The van der Waals surface area contributed by atoms with Gasteiger partial charge in [0.15, 0.2) is 0 Å². The van der Waals surface area contributed by atoms with E-state index in [0.29, 0.717) is 25.3 Å². The van der Waals surface area contributed by atoms with Crippen LogP contribution in [0.25, 0.3) is 0 Å². The molecule has 0 aromatic heterocycles. The van der Waals surface area contributed by atoms with E-state index in [2.05, 4.69) is 25.7 Å². The average Bonchev–Trinajstić information content (AvgIpc) is 2.24. The monoisotopic (exact) mass is 269 g/mol. The SMILES string of the molecule is C=C(CCN)C[C@@](C)(CC(C)C)C(=O)NCC(N)=O. The molecule has 0 spiro atoms. The van der Waals surface area contributed by atoms with Crippen LogP contribution in [0.4, 0.5) is 0 Å². The van der Waals surface area contributed by atoms with Gasteiger partial charge in [-0.3, -0.25) is 9.59 Å². The molecule has 0 aliphatic heterocycles. The average molecular weight is 269 g/mol. The van der Waals surface area contributed by atoms with Crippen LogP contribution in [0.3, 0.4) is 0 Å². The second-order valence-corrected chi connectivity index (χ2v) is 5.77. The first-order valence-electron chi connectivity index (χ1n) is 6.64. The van der Waals surface area contributed by atoms with Crippen LogP contribution in [0.15, 0.2) is 12.2 Å². The maximum Gasteiger partial charge on any atom is 0.236 e. The first-order valence-corrected chi connectivity index (χ1v) is 6.64. The van der Waals surface area contributed by atoms with Gasteiger partial charge < -0.3 is 16.8 Å². The molecule has 0 aliphatic carbocycles. The van der Waals surface area contributed by atoms with Crippen molar-refractivity contribution in [2.75, 3.05) is 13.1 Å². The van der Waals surface area contributed by atoms with Crippen molar-refractivity contribution in [2.24, 2.45) is 22.8 Å². The highest BCUT2D eigenvalue weighted by Crippen LogP contribution is 2.33. The normalized spacial score (nSPS) is 13.9. The minimum Gasteiger partial charge on any atom is -0.368 e. The molecule has 1 atom stereocenters. The molecule has 0 aliphatic rings. The van der Waals surface area contributed by atoms with Crippen LogP contribution in [-0.4, -0.2) is 24.9 Å². The summed E-state index contributed by atoms with van der Waals surface area (Å²) in [5.41, 5.74) is 10.9.